The third kappa shape index (κ3) is 4.15. The summed E-state index contributed by atoms with van der Waals surface area (Å²) in [5.41, 5.74) is 5.95. The number of amides is 2. The van der Waals surface area contributed by atoms with Crippen LogP contribution in [-0.4, -0.2) is 29.7 Å². The fourth-order valence-corrected chi connectivity index (χ4v) is 3.85. The van der Waals surface area contributed by atoms with Crippen LogP contribution in [0.3, 0.4) is 0 Å². The molecule has 0 unspecified atom stereocenters. The Kier molecular flexibility index (Phi) is 5.73. The first kappa shape index (κ1) is 20.6. The molecule has 0 heterocycles. The van der Waals surface area contributed by atoms with E-state index < -0.39 is 5.91 Å². The van der Waals surface area contributed by atoms with Gasteiger partial charge in [-0.05, 0) is 60.9 Å². The van der Waals surface area contributed by atoms with Crippen molar-refractivity contribution in [2.75, 3.05) is 11.9 Å². The highest BCUT2D eigenvalue weighted by Gasteiger charge is 2.24. The van der Waals surface area contributed by atoms with Crippen molar-refractivity contribution in [3.8, 4) is 5.75 Å². The highest BCUT2D eigenvalue weighted by molar-refractivity contribution is 6.32. The largest absolute Gasteiger partial charge is 0.507 e. The molecule has 0 aromatic heterocycles. The Morgan fingerprint density at radius 3 is 2.52 bits per heavy atom. The number of phenols is 1. The molecule has 6 nitrogen and oxygen atoms in total. The number of hydrogen-bond acceptors (Lipinski definition) is 4. The summed E-state index contributed by atoms with van der Waals surface area (Å²) in [5.74, 6) is -0.586. The van der Waals surface area contributed by atoms with E-state index in [0.717, 1.165) is 11.3 Å². The zero-order chi connectivity index (χ0) is 22.0. The maximum absolute atomic E-state index is 12.8. The summed E-state index contributed by atoms with van der Waals surface area (Å²) in [6, 6.07) is 18.9. The third-order valence-corrected chi connectivity index (χ3v) is 5.60. The minimum absolute atomic E-state index is 0.0847. The van der Waals surface area contributed by atoms with Crippen molar-refractivity contribution >= 4 is 34.8 Å². The quantitative estimate of drug-likeness (QED) is 0.598. The van der Waals surface area contributed by atoms with Gasteiger partial charge in [-0.25, -0.2) is 5.43 Å². The second-order valence-electron chi connectivity index (χ2n) is 7.20. The monoisotopic (exact) mass is 433 g/mol. The highest BCUT2D eigenvalue weighted by Crippen LogP contribution is 2.35. The van der Waals surface area contributed by atoms with E-state index in [4.69, 9.17) is 11.6 Å². The van der Waals surface area contributed by atoms with E-state index in [1.54, 1.807) is 31.3 Å². The van der Waals surface area contributed by atoms with Crippen molar-refractivity contribution in [2.24, 2.45) is 5.10 Å². The number of carbonyl (C=O) groups excluding carboxylic acids is 2. The number of benzene rings is 3. The van der Waals surface area contributed by atoms with Crippen LogP contribution in [-0.2, 0) is 6.42 Å². The SMILES string of the molecule is CN(C(=O)c1cccc(C(=O)N/N=C2\CCc3c(Cl)ccc(O)c32)c1)c1ccccc1. The van der Waals surface area contributed by atoms with E-state index in [1.165, 1.54) is 17.0 Å². The molecule has 0 atom stereocenters. The van der Waals surface area contributed by atoms with Gasteiger partial charge in [-0.15, -0.1) is 0 Å². The van der Waals surface area contributed by atoms with Crippen molar-refractivity contribution in [3.63, 3.8) is 0 Å². The molecule has 1 aliphatic rings. The summed E-state index contributed by atoms with van der Waals surface area (Å²) >= 11 is 6.19. The van der Waals surface area contributed by atoms with Crippen LogP contribution in [0.25, 0.3) is 0 Å². The van der Waals surface area contributed by atoms with Crippen molar-refractivity contribution in [2.45, 2.75) is 12.8 Å². The van der Waals surface area contributed by atoms with Crippen molar-refractivity contribution < 1.29 is 14.7 Å². The second kappa shape index (κ2) is 8.62. The first-order chi connectivity index (χ1) is 15.0. The lowest BCUT2D eigenvalue weighted by Gasteiger charge is -2.17. The van der Waals surface area contributed by atoms with Gasteiger partial charge in [-0.1, -0.05) is 35.9 Å². The number of para-hydroxylation sites is 1. The Labute approximate surface area is 184 Å². The Balaban J connectivity index is 1.52. The van der Waals surface area contributed by atoms with Gasteiger partial charge in [0.25, 0.3) is 11.8 Å². The van der Waals surface area contributed by atoms with Gasteiger partial charge in [-0.3, -0.25) is 9.59 Å². The highest BCUT2D eigenvalue weighted by atomic mass is 35.5. The molecule has 0 spiro atoms. The molecule has 4 rings (SSSR count). The molecule has 0 aliphatic heterocycles. The Morgan fingerprint density at radius 2 is 1.74 bits per heavy atom. The number of nitrogens with one attached hydrogen (secondary N) is 1. The molecular formula is C24H20ClN3O3. The number of nitrogens with zero attached hydrogens (tertiary/aromatic N) is 2. The maximum Gasteiger partial charge on any atom is 0.271 e. The smallest absolute Gasteiger partial charge is 0.271 e. The molecule has 7 heteroatoms. The van der Waals surface area contributed by atoms with Crippen LogP contribution in [0.1, 0.15) is 38.3 Å². The van der Waals surface area contributed by atoms with Gasteiger partial charge in [0.1, 0.15) is 5.75 Å². The minimum Gasteiger partial charge on any atom is -0.507 e. The summed E-state index contributed by atoms with van der Waals surface area (Å²) in [4.78, 5) is 27.0. The Hall–Kier alpha value is -3.64. The summed E-state index contributed by atoms with van der Waals surface area (Å²) < 4.78 is 0. The molecule has 2 amide bonds. The first-order valence-corrected chi connectivity index (χ1v) is 10.1. The van der Waals surface area contributed by atoms with Gasteiger partial charge in [0.15, 0.2) is 0 Å². The zero-order valence-corrected chi connectivity index (χ0v) is 17.6. The molecular weight excluding hydrogens is 414 g/mol. The third-order valence-electron chi connectivity index (χ3n) is 5.25. The summed E-state index contributed by atoms with van der Waals surface area (Å²) in [6.07, 6.45) is 1.21. The number of phenolic OH excluding ortho intramolecular Hbond substituents is 1. The van der Waals surface area contributed by atoms with Crippen LogP contribution in [0.4, 0.5) is 5.69 Å². The molecule has 0 saturated carbocycles. The number of hydrogen-bond donors (Lipinski definition) is 2. The van der Waals surface area contributed by atoms with Crippen molar-refractivity contribution in [1.82, 2.24) is 5.43 Å². The van der Waals surface area contributed by atoms with Crippen LogP contribution in [0.15, 0.2) is 71.8 Å². The van der Waals surface area contributed by atoms with Crippen LogP contribution >= 0.6 is 11.6 Å². The average molecular weight is 434 g/mol. The van der Waals surface area contributed by atoms with E-state index in [2.05, 4.69) is 10.5 Å². The molecule has 31 heavy (non-hydrogen) atoms. The van der Waals surface area contributed by atoms with Gasteiger partial charge >= 0.3 is 0 Å². The maximum atomic E-state index is 12.8. The molecule has 2 N–H and O–H groups in total. The van der Waals surface area contributed by atoms with Crippen LogP contribution in [0, 0.1) is 0 Å². The van der Waals surface area contributed by atoms with E-state index in [-0.39, 0.29) is 11.7 Å². The Morgan fingerprint density at radius 1 is 1.00 bits per heavy atom. The van der Waals surface area contributed by atoms with Gasteiger partial charge in [0.2, 0.25) is 0 Å². The molecule has 0 fully saturated rings. The molecule has 0 radical (unpaired) electrons. The summed E-state index contributed by atoms with van der Waals surface area (Å²) in [6.45, 7) is 0. The number of hydrazone groups is 1. The number of rotatable bonds is 4. The minimum atomic E-state index is -0.445. The predicted molar refractivity (Wildman–Crippen MR) is 121 cm³/mol. The fraction of sp³-hybridized carbons (Fsp3) is 0.125. The lowest BCUT2D eigenvalue weighted by molar-refractivity contribution is 0.0954. The first-order valence-electron chi connectivity index (χ1n) is 9.76. The predicted octanol–water partition coefficient (Wildman–Crippen LogP) is 4.40. The molecule has 0 saturated heterocycles. The fourth-order valence-electron chi connectivity index (χ4n) is 3.60. The van der Waals surface area contributed by atoms with E-state index in [0.29, 0.717) is 40.3 Å². The number of anilines is 1. The number of fused-ring (bicyclic) bond motifs is 1. The van der Waals surface area contributed by atoms with Crippen LogP contribution in [0.2, 0.25) is 5.02 Å². The lowest BCUT2D eigenvalue weighted by Crippen LogP contribution is -2.26. The number of halogens is 1. The van der Waals surface area contributed by atoms with Gasteiger partial charge in [-0.2, -0.15) is 5.10 Å². The van der Waals surface area contributed by atoms with Crippen molar-refractivity contribution in [3.05, 3.63) is 94.0 Å². The molecule has 0 bridgehead atoms. The Bertz CT molecular complexity index is 1190. The van der Waals surface area contributed by atoms with Crippen LogP contribution in [0.5, 0.6) is 5.75 Å². The molecule has 1 aliphatic carbocycles. The van der Waals surface area contributed by atoms with Gasteiger partial charge in [0, 0.05) is 34.4 Å². The van der Waals surface area contributed by atoms with E-state index >= 15 is 0 Å². The second-order valence-corrected chi connectivity index (χ2v) is 7.61. The number of carbonyl (C=O) groups is 2. The van der Waals surface area contributed by atoms with Gasteiger partial charge in [0.05, 0.1) is 5.71 Å². The van der Waals surface area contributed by atoms with Crippen molar-refractivity contribution in [1.29, 1.82) is 0 Å². The standard InChI is InChI=1S/C24H20ClN3O3/c1-28(17-8-3-2-4-9-17)24(31)16-7-5-6-15(14-16)23(30)27-26-20-12-10-18-19(25)11-13-21(29)22(18)20/h2-9,11,13-14,29H,10,12H2,1H3,(H,27,30)/b26-20+. The summed E-state index contributed by atoms with van der Waals surface area (Å²) in [5, 5.41) is 14.9. The van der Waals surface area contributed by atoms with Gasteiger partial charge < -0.3 is 10.0 Å². The van der Waals surface area contributed by atoms with Crippen LogP contribution < -0.4 is 10.3 Å². The summed E-state index contributed by atoms with van der Waals surface area (Å²) in [7, 11) is 1.69. The molecule has 156 valence electrons. The molecule has 3 aromatic carbocycles. The zero-order valence-electron chi connectivity index (χ0n) is 16.8. The lowest BCUT2D eigenvalue weighted by atomic mass is 10.1. The van der Waals surface area contributed by atoms with E-state index in [1.807, 2.05) is 30.3 Å². The normalized spacial score (nSPS) is 13.7. The number of aromatic hydroxyl groups is 1. The topological polar surface area (TPSA) is 82.0 Å². The average Bonchev–Trinajstić information content (AvgIpc) is 3.25. The van der Waals surface area contributed by atoms with E-state index in [9.17, 15) is 14.7 Å². The molecule has 3 aromatic rings.